The van der Waals surface area contributed by atoms with Gasteiger partial charge in [0.2, 0.25) is 5.95 Å². The Morgan fingerprint density at radius 3 is 2.75 bits per heavy atom. The van der Waals surface area contributed by atoms with E-state index in [-0.39, 0.29) is 5.54 Å². The summed E-state index contributed by atoms with van der Waals surface area (Å²) in [6, 6.07) is 0. The number of hydrogen-bond donors (Lipinski definition) is 2. The third-order valence-electron chi connectivity index (χ3n) is 6.82. The number of terminal acetylenes is 1. The molecule has 0 saturated heterocycles. The van der Waals surface area contributed by atoms with E-state index < -0.39 is 10.8 Å². The van der Waals surface area contributed by atoms with Crippen molar-refractivity contribution in [3.8, 4) is 18.5 Å². The van der Waals surface area contributed by atoms with Crippen molar-refractivity contribution in [3.63, 3.8) is 0 Å². The van der Waals surface area contributed by atoms with Gasteiger partial charge in [0, 0.05) is 37.7 Å². The molecule has 0 aromatic carbocycles. The van der Waals surface area contributed by atoms with Crippen LogP contribution in [0.25, 0.3) is 5.57 Å². The number of nitrogens with one attached hydrogen (secondary N) is 2. The van der Waals surface area contributed by atoms with Gasteiger partial charge in [-0.25, -0.2) is 15.0 Å². The molecule has 1 aliphatic carbocycles. The van der Waals surface area contributed by atoms with E-state index in [0.717, 1.165) is 48.4 Å². The number of nitriles is 1. The summed E-state index contributed by atoms with van der Waals surface area (Å²) in [5, 5.41) is 15.0. The minimum Gasteiger partial charge on any atom is -0.362 e. The van der Waals surface area contributed by atoms with E-state index in [1.807, 2.05) is 6.19 Å². The van der Waals surface area contributed by atoms with Crippen LogP contribution in [-0.4, -0.2) is 60.9 Å². The zero-order valence-electron chi connectivity index (χ0n) is 20.1. The average Bonchev–Trinajstić information content (AvgIpc) is 3.26. The molecule has 36 heavy (non-hydrogen) atoms. The normalized spacial score (nSPS) is 20.4. The fourth-order valence-corrected chi connectivity index (χ4v) is 5.91. The van der Waals surface area contributed by atoms with E-state index in [2.05, 4.69) is 42.5 Å². The van der Waals surface area contributed by atoms with Gasteiger partial charge < -0.3 is 10.2 Å². The van der Waals surface area contributed by atoms with Gasteiger partial charge in [0.1, 0.15) is 16.5 Å². The van der Waals surface area contributed by atoms with Gasteiger partial charge in [-0.15, -0.1) is 6.42 Å². The SMILES string of the molecule is C#Cc1cnc(C2=CCN(c3nc4c(c(NC5(CN=C(C)NC#N)CCC5)n3)[S@](=O)CC4)CC2)nc1. The first-order chi connectivity index (χ1) is 17.5. The summed E-state index contributed by atoms with van der Waals surface area (Å²) in [5.74, 6) is 5.65. The summed E-state index contributed by atoms with van der Waals surface area (Å²) in [5.41, 5.74) is 2.32. The highest BCUT2D eigenvalue weighted by Gasteiger charge is 2.39. The summed E-state index contributed by atoms with van der Waals surface area (Å²) in [7, 11) is -1.12. The zero-order valence-corrected chi connectivity index (χ0v) is 20.9. The van der Waals surface area contributed by atoms with Gasteiger partial charge in [0.15, 0.2) is 12.0 Å². The van der Waals surface area contributed by atoms with Crippen molar-refractivity contribution < 1.29 is 4.21 Å². The topological polar surface area (TPSA) is 132 Å². The molecule has 5 rings (SSSR count). The van der Waals surface area contributed by atoms with E-state index in [1.54, 1.807) is 19.3 Å². The Hall–Kier alpha value is -3.83. The standard InChI is InChI=1S/C25H27N9OS/c1-3-18-13-27-22(28-14-18)19-5-10-34(11-6-19)24-31-20-7-12-36(35)21(20)23(32-24)33-25(8-4-9-25)15-29-17(2)30-16-26/h1,5,13-14H,4,6-12,15H2,2H3,(H,29,30)(H,31,32,33)/t36-/m1/s1. The van der Waals surface area contributed by atoms with E-state index in [1.165, 1.54) is 0 Å². The van der Waals surface area contributed by atoms with Crippen LogP contribution < -0.4 is 15.5 Å². The van der Waals surface area contributed by atoms with Crippen LogP contribution in [0.1, 0.15) is 49.7 Å². The van der Waals surface area contributed by atoms with Crippen molar-refractivity contribution in [2.24, 2.45) is 4.99 Å². The van der Waals surface area contributed by atoms with E-state index in [9.17, 15) is 4.21 Å². The number of aryl methyl sites for hydroxylation is 1. The Morgan fingerprint density at radius 2 is 2.11 bits per heavy atom. The van der Waals surface area contributed by atoms with Crippen LogP contribution in [0, 0.1) is 23.8 Å². The number of aliphatic imine (C=N–C) groups is 1. The van der Waals surface area contributed by atoms with Crippen LogP contribution in [-0.2, 0) is 17.2 Å². The van der Waals surface area contributed by atoms with E-state index in [0.29, 0.717) is 54.3 Å². The third kappa shape index (κ3) is 4.79. The fraction of sp³-hybridized carbons (Fsp3) is 0.440. The molecule has 4 heterocycles. The smallest absolute Gasteiger partial charge is 0.227 e. The molecule has 0 spiro atoms. The zero-order chi connectivity index (χ0) is 25.1. The molecule has 184 valence electrons. The van der Waals surface area contributed by atoms with E-state index >= 15 is 0 Å². The summed E-state index contributed by atoms with van der Waals surface area (Å²) >= 11 is 0. The number of nitrogens with zero attached hydrogens (tertiary/aromatic N) is 7. The van der Waals surface area contributed by atoms with Crippen LogP contribution in [0.2, 0.25) is 0 Å². The van der Waals surface area contributed by atoms with Crippen molar-refractivity contribution in [1.29, 1.82) is 5.26 Å². The molecule has 0 radical (unpaired) electrons. The van der Waals surface area contributed by atoms with E-state index in [4.69, 9.17) is 21.7 Å². The Morgan fingerprint density at radius 1 is 1.31 bits per heavy atom. The molecule has 2 aromatic heterocycles. The number of hydrogen-bond acceptors (Lipinski definition) is 9. The Bertz CT molecular complexity index is 1330. The quantitative estimate of drug-likeness (QED) is 0.201. The van der Waals surface area contributed by atoms with Crippen molar-refractivity contribution in [2.45, 2.75) is 49.5 Å². The first kappa shape index (κ1) is 23.9. The second kappa shape index (κ2) is 10.0. The highest BCUT2D eigenvalue weighted by atomic mass is 32.2. The summed E-state index contributed by atoms with van der Waals surface area (Å²) in [4.78, 5) is 25.8. The molecular formula is C25H27N9OS. The van der Waals surface area contributed by atoms with Gasteiger partial charge in [-0.05, 0) is 38.2 Å². The second-order valence-electron chi connectivity index (χ2n) is 9.21. The Kier molecular flexibility index (Phi) is 6.66. The summed E-state index contributed by atoms with van der Waals surface area (Å²) in [6.07, 6.45) is 17.1. The van der Waals surface area contributed by atoms with Crippen LogP contribution in [0.5, 0.6) is 0 Å². The average molecular weight is 502 g/mol. The van der Waals surface area contributed by atoms with Crippen LogP contribution in [0.4, 0.5) is 11.8 Å². The maximum absolute atomic E-state index is 12.8. The number of aromatic nitrogens is 4. The first-order valence-electron chi connectivity index (χ1n) is 12.0. The van der Waals surface area contributed by atoms with Gasteiger partial charge in [-0.3, -0.25) is 14.5 Å². The monoisotopic (exact) mass is 501 g/mol. The van der Waals surface area contributed by atoms with Crippen LogP contribution >= 0.6 is 0 Å². The lowest BCUT2D eigenvalue weighted by molar-refractivity contribution is 0.286. The third-order valence-corrected chi connectivity index (χ3v) is 8.28. The molecule has 1 atom stereocenters. The molecule has 10 nitrogen and oxygen atoms in total. The minimum atomic E-state index is -1.12. The van der Waals surface area contributed by atoms with Crippen molar-refractivity contribution in [1.82, 2.24) is 25.3 Å². The number of amidine groups is 1. The van der Waals surface area contributed by atoms with Crippen molar-refractivity contribution >= 4 is 34.0 Å². The number of rotatable bonds is 6. The first-order valence-corrected chi connectivity index (χ1v) is 13.3. The van der Waals surface area contributed by atoms with Crippen LogP contribution in [0.3, 0.4) is 0 Å². The second-order valence-corrected chi connectivity index (χ2v) is 10.7. The highest BCUT2D eigenvalue weighted by molar-refractivity contribution is 7.85. The molecule has 2 aromatic rings. The maximum atomic E-state index is 12.8. The minimum absolute atomic E-state index is 0.262. The fourth-order valence-electron chi connectivity index (χ4n) is 4.60. The van der Waals surface area contributed by atoms with Gasteiger partial charge in [0.25, 0.3) is 0 Å². The highest BCUT2D eigenvalue weighted by Crippen LogP contribution is 2.39. The number of fused-ring (bicyclic) bond motifs is 1. The van der Waals surface area contributed by atoms with Gasteiger partial charge in [-0.2, -0.15) is 10.2 Å². The summed E-state index contributed by atoms with van der Waals surface area (Å²) < 4.78 is 12.8. The predicted molar refractivity (Wildman–Crippen MR) is 139 cm³/mol. The van der Waals surface area contributed by atoms with Crippen molar-refractivity contribution in [3.05, 3.63) is 35.6 Å². The van der Waals surface area contributed by atoms with Crippen molar-refractivity contribution in [2.75, 3.05) is 35.6 Å². The maximum Gasteiger partial charge on any atom is 0.227 e. The lowest BCUT2D eigenvalue weighted by atomic mass is 9.76. The molecule has 0 amide bonds. The molecule has 3 aliphatic rings. The molecule has 1 fully saturated rings. The molecule has 0 unspecified atom stereocenters. The molecule has 2 N–H and O–H groups in total. The van der Waals surface area contributed by atoms with Crippen LogP contribution in [0.15, 0.2) is 28.4 Å². The Labute approximate surface area is 212 Å². The molecule has 11 heteroatoms. The molecule has 2 aliphatic heterocycles. The summed E-state index contributed by atoms with van der Waals surface area (Å²) in [6.45, 7) is 3.65. The largest absolute Gasteiger partial charge is 0.362 e. The lowest BCUT2D eigenvalue weighted by Crippen LogP contribution is -2.48. The molecule has 1 saturated carbocycles. The Balaban J connectivity index is 1.38. The lowest BCUT2D eigenvalue weighted by Gasteiger charge is -2.42. The van der Waals surface area contributed by atoms with Gasteiger partial charge in [0.05, 0.1) is 34.1 Å². The molecular weight excluding hydrogens is 474 g/mol. The van der Waals surface area contributed by atoms with Gasteiger partial charge in [-0.1, -0.05) is 12.0 Å². The molecule has 0 bridgehead atoms. The predicted octanol–water partition coefficient (Wildman–Crippen LogP) is 2.03. The van der Waals surface area contributed by atoms with Gasteiger partial charge >= 0.3 is 0 Å². The number of anilines is 2.